The number of aliphatic hydroxyl groups excluding tert-OH is 1. The predicted octanol–water partition coefficient (Wildman–Crippen LogP) is 5.85. The molecule has 0 fully saturated rings. The molecule has 0 aliphatic carbocycles. The van der Waals surface area contributed by atoms with E-state index in [0.717, 1.165) is 38.6 Å². The van der Waals surface area contributed by atoms with Gasteiger partial charge in [0.15, 0.2) is 7.14 Å². The van der Waals surface area contributed by atoms with Gasteiger partial charge in [-0.15, -0.1) is 0 Å². The van der Waals surface area contributed by atoms with Crippen LogP contribution in [-0.2, 0) is 4.57 Å². The molecule has 0 aromatic heterocycles. The molecule has 1 aliphatic rings. The summed E-state index contributed by atoms with van der Waals surface area (Å²) < 4.78 is 20.9. The van der Waals surface area contributed by atoms with E-state index in [1.807, 2.05) is 103 Å². The smallest absolute Gasteiger partial charge is 0.151 e. The summed E-state index contributed by atoms with van der Waals surface area (Å²) in [6.07, 6.45) is -0.382. The van der Waals surface area contributed by atoms with Crippen molar-refractivity contribution >= 4 is 17.8 Å². The van der Waals surface area contributed by atoms with Crippen LogP contribution in [0.3, 0.4) is 0 Å². The minimum absolute atomic E-state index is 0.352. The normalized spacial score (nSPS) is 20.1. The fourth-order valence-electron chi connectivity index (χ4n) is 4.89. The van der Waals surface area contributed by atoms with E-state index in [0.29, 0.717) is 6.42 Å². The molecule has 0 saturated carbocycles. The zero-order valence-corrected chi connectivity index (χ0v) is 18.8. The molecule has 1 N–H and O–H groups in total. The summed E-state index contributed by atoms with van der Waals surface area (Å²) >= 11 is 0. The first kappa shape index (κ1) is 20.8. The molecule has 0 bridgehead atoms. The first-order chi connectivity index (χ1) is 15.6. The molecule has 0 unspecified atom stereocenters. The summed E-state index contributed by atoms with van der Waals surface area (Å²) in [5.41, 5.74) is 3.33. The van der Waals surface area contributed by atoms with Crippen molar-refractivity contribution < 1.29 is 14.4 Å². The van der Waals surface area contributed by atoms with Gasteiger partial charge in [-0.1, -0.05) is 97.1 Å². The van der Waals surface area contributed by atoms with Gasteiger partial charge in [0, 0.05) is 21.8 Å². The Hall–Kier alpha value is -3.13. The second kappa shape index (κ2) is 8.43. The molecule has 0 saturated heterocycles. The van der Waals surface area contributed by atoms with E-state index in [2.05, 4.69) is 0 Å². The first-order valence-electron chi connectivity index (χ1n) is 10.8. The molecular formula is C28H25O3P. The Morgan fingerprint density at radius 2 is 1.50 bits per heavy atom. The van der Waals surface area contributed by atoms with Crippen molar-refractivity contribution in [1.29, 1.82) is 0 Å². The van der Waals surface area contributed by atoms with Crippen molar-refractivity contribution in [3.05, 3.63) is 114 Å². The quantitative estimate of drug-likeness (QED) is 0.396. The van der Waals surface area contributed by atoms with E-state index >= 15 is 4.57 Å². The second-order valence-electron chi connectivity index (χ2n) is 8.11. The predicted molar refractivity (Wildman–Crippen MR) is 131 cm³/mol. The number of methoxy groups -OCH3 is 1. The van der Waals surface area contributed by atoms with Gasteiger partial charge in [0.25, 0.3) is 0 Å². The van der Waals surface area contributed by atoms with Crippen LogP contribution in [0.4, 0.5) is 0 Å². The van der Waals surface area contributed by atoms with Crippen molar-refractivity contribution in [2.45, 2.75) is 18.2 Å². The SMILES string of the molecule is COc1cccc2c1-c1ccccc1[P@](=O)(c1ccccc1)[C@H]2C[C@H](O)c1ccccc1. The summed E-state index contributed by atoms with van der Waals surface area (Å²) in [6.45, 7) is 0. The Bertz CT molecular complexity index is 1280. The van der Waals surface area contributed by atoms with Crippen LogP contribution in [0.25, 0.3) is 11.1 Å². The summed E-state index contributed by atoms with van der Waals surface area (Å²) in [6, 6.07) is 33.2. The molecular weight excluding hydrogens is 415 g/mol. The molecule has 1 heterocycles. The molecule has 5 rings (SSSR count). The Labute approximate surface area is 188 Å². The van der Waals surface area contributed by atoms with Gasteiger partial charge in [-0.25, -0.2) is 0 Å². The van der Waals surface area contributed by atoms with Gasteiger partial charge in [-0.3, -0.25) is 0 Å². The Kier molecular flexibility index (Phi) is 5.46. The Balaban J connectivity index is 1.77. The summed E-state index contributed by atoms with van der Waals surface area (Å²) in [7, 11) is -1.45. The minimum atomic E-state index is -3.12. The van der Waals surface area contributed by atoms with Crippen molar-refractivity contribution in [3.63, 3.8) is 0 Å². The average molecular weight is 440 g/mol. The standard InChI is InChI=1S/C28H25O3P/c1-31-25-17-10-16-23-27(19-24(29)20-11-4-2-5-12-20)32(30,21-13-6-3-7-14-21)26-18-9-8-15-22(26)28(23)25/h2-18,24,27,29H,19H2,1H3/t24-,27-,32+/m0/s1. The van der Waals surface area contributed by atoms with Crippen molar-refractivity contribution in [2.75, 3.05) is 7.11 Å². The molecule has 4 aromatic carbocycles. The van der Waals surface area contributed by atoms with Crippen LogP contribution >= 0.6 is 7.14 Å². The summed E-state index contributed by atoms with van der Waals surface area (Å²) in [5.74, 6) is 0.758. The van der Waals surface area contributed by atoms with Gasteiger partial charge in [-0.2, -0.15) is 0 Å². The molecule has 0 amide bonds. The largest absolute Gasteiger partial charge is 0.496 e. The molecule has 0 spiro atoms. The van der Waals surface area contributed by atoms with Crippen molar-refractivity contribution in [3.8, 4) is 16.9 Å². The monoisotopic (exact) mass is 440 g/mol. The van der Waals surface area contributed by atoms with Gasteiger partial charge >= 0.3 is 0 Å². The Morgan fingerprint density at radius 3 is 2.22 bits per heavy atom. The highest BCUT2D eigenvalue weighted by Crippen LogP contribution is 2.66. The van der Waals surface area contributed by atoms with Gasteiger partial charge in [0.2, 0.25) is 0 Å². The highest BCUT2D eigenvalue weighted by atomic mass is 31.2. The second-order valence-corrected chi connectivity index (χ2v) is 11.1. The van der Waals surface area contributed by atoms with Crippen LogP contribution < -0.4 is 15.3 Å². The lowest BCUT2D eigenvalue weighted by Crippen LogP contribution is -2.28. The zero-order chi connectivity index (χ0) is 22.1. The first-order valence-corrected chi connectivity index (χ1v) is 12.6. The van der Waals surface area contributed by atoms with Gasteiger partial charge in [0.05, 0.1) is 13.2 Å². The fraction of sp³-hybridized carbons (Fsp3) is 0.143. The van der Waals surface area contributed by atoms with Crippen LogP contribution in [0.1, 0.15) is 29.3 Å². The minimum Gasteiger partial charge on any atom is -0.496 e. The third-order valence-electron chi connectivity index (χ3n) is 6.38. The van der Waals surface area contributed by atoms with Crippen LogP contribution in [0.15, 0.2) is 103 Å². The van der Waals surface area contributed by atoms with Crippen LogP contribution in [0.2, 0.25) is 0 Å². The van der Waals surface area contributed by atoms with Crippen LogP contribution in [0.5, 0.6) is 5.75 Å². The number of hydrogen-bond donors (Lipinski definition) is 1. The number of ether oxygens (including phenoxy) is 1. The lowest BCUT2D eigenvalue weighted by molar-refractivity contribution is 0.165. The van der Waals surface area contributed by atoms with Crippen molar-refractivity contribution in [2.24, 2.45) is 0 Å². The van der Waals surface area contributed by atoms with Crippen LogP contribution in [0, 0.1) is 0 Å². The maximum Gasteiger partial charge on any atom is 0.151 e. The van der Waals surface area contributed by atoms with E-state index in [4.69, 9.17) is 4.74 Å². The fourth-order valence-corrected chi connectivity index (χ4v) is 8.43. The van der Waals surface area contributed by atoms with E-state index in [1.165, 1.54) is 0 Å². The third kappa shape index (κ3) is 3.30. The van der Waals surface area contributed by atoms with Gasteiger partial charge in [-0.05, 0) is 29.2 Å². The number of hydrogen-bond acceptors (Lipinski definition) is 3. The number of benzene rings is 4. The van der Waals surface area contributed by atoms with E-state index in [9.17, 15) is 5.11 Å². The van der Waals surface area contributed by atoms with Gasteiger partial charge in [0.1, 0.15) is 5.75 Å². The molecule has 4 aromatic rings. The number of fused-ring (bicyclic) bond motifs is 3. The Morgan fingerprint density at radius 1 is 0.844 bits per heavy atom. The maximum absolute atomic E-state index is 15.2. The molecule has 3 nitrogen and oxygen atoms in total. The molecule has 1 aliphatic heterocycles. The molecule has 0 radical (unpaired) electrons. The lowest BCUT2D eigenvalue weighted by atomic mass is 9.92. The van der Waals surface area contributed by atoms with Crippen LogP contribution in [-0.4, -0.2) is 12.2 Å². The molecule has 4 heteroatoms. The van der Waals surface area contributed by atoms with E-state index in [1.54, 1.807) is 7.11 Å². The molecule has 32 heavy (non-hydrogen) atoms. The average Bonchev–Trinajstić information content (AvgIpc) is 2.87. The maximum atomic E-state index is 15.2. The molecule has 3 atom stereocenters. The summed E-state index contributed by atoms with van der Waals surface area (Å²) in [5, 5.41) is 12.8. The lowest BCUT2D eigenvalue weighted by Gasteiger charge is -2.37. The topological polar surface area (TPSA) is 46.5 Å². The highest BCUT2D eigenvalue weighted by molar-refractivity contribution is 7.79. The van der Waals surface area contributed by atoms with Gasteiger partial charge < -0.3 is 14.4 Å². The third-order valence-corrected chi connectivity index (χ3v) is 9.92. The molecule has 160 valence electrons. The van der Waals surface area contributed by atoms with E-state index in [-0.39, 0.29) is 5.66 Å². The highest BCUT2D eigenvalue weighted by Gasteiger charge is 2.45. The number of aliphatic hydroxyl groups is 1. The zero-order valence-electron chi connectivity index (χ0n) is 17.9. The number of rotatable bonds is 5. The van der Waals surface area contributed by atoms with Crippen molar-refractivity contribution in [1.82, 2.24) is 0 Å². The van der Waals surface area contributed by atoms with E-state index < -0.39 is 13.2 Å². The summed E-state index contributed by atoms with van der Waals surface area (Å²) in [4.78, 5) is 0.